The van der Waals surface area contributed by atoms with E-state index in [9.17, 15) is 0 Å². The fourth-order valence-electron chi connectivity index (χ4n) is 3.57. The fourth-order valence-corrected chi connectivity index (χ4v) is 3.57. The summed E-state index contributed by atoms with van der Waals surface area (Å²) in [7, 11) is 0. The molecule has 0 aliphatic carbocycles. The van der Waals surface area contributed by atoms with E-state index >= 15 is 0 Å². The van der Waals surface area contributed by atoms with Gasteiger partial charge in [-0.25, -0.2) is 0 Å². The van der Waals surface area contributed by atoms with Crippen LogP contribution >= 0.6 is 0 Å². The normalized spacial score (nSPS) is 31.4. The summed E-state index contributed by atoms with van der Waals surface area (Å²) in [5.74, 6) is 1.99. The highest BCUT2D eigenvalue weighted by atomic mass is 16.3. The molecule has 3 nitrogen and oxygen atoms in total. The summed E-state index contributed by atoms with van der Waals surface area (Å²) in [5, 5.41) is 3.55. The van der Waals surface area contributed by atoms with Gasteiger partial charge in [0.15, 0.2) is 0 Å². The number of rotatable bonds is 3. The Labute approximate surface area is 103 Å². The number of nitrogens with zero attached hydrogens (tertiary/aromatic N) is 1. The van der Waals surface area contributed by atoms with Crippen LogP contribution in [0.2, 0.25) is 0 Å². The highest BCUT2D eigenvalue weighted by molar-refractivity contribution is 5.07. The Morgan fingerprint density at radius 2 is 2.47 bits per heavy atom. The lowest BCUT2D eigenvalue weighted by molar-refractivity contribution is 0.0639. The van der Waals surface area contributed by atoms with Crippen LogP contribution in [0, 0.1) is 5.92 Å². The average molecular weight is 234 g/mol. The number of likely N-dealkylation sites (tertiary alicyclic amines) is 1. The van der Waals surface area contributed by atoms with Crippen molar-refractivity contribution in [1.82, 2.24) is 10.2 Å². The van der Waals surface area contributed by atoms with E-state index in [1.54, 1.807) is 6.26 Å². The number of piperidine rings is 1. The SMILES string of the molecule is CCC(c1ccco1)N1CCCC2CNCC21. The molecular weight excluding hydrogens is 212 g/mol. The van der Waals surface area contributed by atoms with Gasteiger partial charge < -0.3 is 9.73 Å². The third-order valence-electron chi connectivity index (χ3n) is 4.38. The molecule has 0 spiro atoms. The van der Waals surface area contributed by atoms with E-state index in [1.807, 2.05) is 6.07 Å². The maximum absolute atomic E-state index is 5.63. The summed E-state index contributed by atoms with van der Waals surface area (Å²) in [4.78, 5) is 2.67. The second-order valence-electron chi connectivity index (χ2n) is 5.31. The van der Waals surface area contributed by atoms with Gasteiger partial charge in [-0.15, -0.1) is 0 Å². The Balaban J connectivity index is 1.81. The molecule has 0 aromatic carbocycles. The first kappa shape index (κ1) is 11.3. The number of fused-ring (bicyclic) bond motifs is 1. The zero-order valence-electron chi connectivity index (χ0n) is 10.6. The van der Waals surface area contributed by atoms with Crippen molar-refractivity contribution in [1.29, 1.82) is 0 Å². The summed E-state index contributed by atoms with van der Waals surface area (Å²) < 4.78 is 5.63. The molecule has 3 atom stereocenters. The summed E-state index contributed by atoms with van der Waals surface area (Å²) in [6, 6.07) is 5.32. The van der Waals surface area contributed by atoms with Crippen molar-refractivity contribution < 1.29 is 4.42 Å². The van der Waals surface area contributed by atoms with Crippen LogP contribution < -0.4 is 5.32 Å². The van der Waals surface area contributed by atoms with Crippen molar-refractivity contribution in [3.63, 3.8) is 0 Å². The van der Waals surface area contributed by atoms with Crippen molar-refractivity contribution in [3.8, 4) is 0 Å². The number of hydrogen-bond acceptors (Lipinski definition) is 3. The second kappa shape index (κ2) is 4.83. The van der Waals surface area contributed by atoms with Gasteiger partial charge in [0.1, 0.15) is 5.76 Å². The smallest absolute Gasteiger partial charge is 0.120 e. The first-order chi connectivity index (χ1) is 8.40. The molecule has 1 aromatic heterocycles. The highest BCUT2D eigenvalue weighted by Gasteiger charge is 2.38. The molecule has 3 heterocycles. The molecule has 17 heavy (non-hydrogen) atoms. The van der Waals surface area contributed by atoms with E-state index in [-0.39, 0.29) is 0 Å². The van der Waals surface area contributed by atoms with E-state index in [1.165, 1.54) is 25.9 Å². The van der Waals surface area contributed by atoms with Crippen LogP contribution in [0.15, 0.2) is 22.8 Å². The molecule has 2 saturated heterocycles. The summed E-state index contributed by atoms with van der Waals surface area (Å²) in [5.41, 5.74) is 0. The van der Waals surface area contributed by atoms with Crippen molar-refractivity contribution in [2.45, 2.75) is 38.3 Å². The van der Waals surface area contributed by atoms with Crippen LogP contribution in [-0.2, 0) is 0 Å². The minimum Gasteiger partial charge on any atom is -0.468 e. The van der Waals surface area contributed by atoms with E-state index < -0.39 is 0 Å². The van der Waals surface area contributed by atoms with Crippen LogP contribution in [0.4, 0.5) is 0 Å². The van der Waals surface area contributed by atoms with Gasteiger partial charge >= 0.3 is 0 Å². The number of hydrogen-bond donors (Lipinski definition) is 1. The fraction of sp³-hybridized carbons (Fsp3) is 0.714. The quantitative estimate of drug-likeness (QED) is 0.870. The van der Waals surface area contributed by atoms with Gasteiger partial charge in [0.25, 0.3) is 0 Å². The second-order valence-corrected chi connectivity index (χ2v) is 5.31. The lowest BCUT2D eigenvalue weighted by Gasteiger charge is -2.41. The zero-order valence-corrected chi connectivity index (χ0v) is 10.6. The molecular formula is C14H22N2O. The van der Waals surface area contributed by atoms with Crippen molar-refractivity contribution in [2.75, 3.05) is 19.6 Å². The Morgan fingerprint density at radius 3 is 3.24 bits per heavy atom. The summed E-state index contributed by atoms with van der Waals surface area (Å²) in [6.45, 7) is 5.85. The molecule has 0 saturated carbocycles. The molecule has 3 unspecified atom stereocenters. The lowest BCUT2D eigenvalue weighted by Crippen LogP contribution is -2.46. The molecule has 3 rings (SSSR count). The standard InChI is InChI=1S/C14H22N2O/c1-2-12(14-6-4-8-17-14)16-7-3-5-11-9-15-10-13(11)16/h4,6,8,11-13,15H,2-3,5,7,9-10H2,1H3. The largest absolute Gasteiger partial charge is 0.468 e. The molecule has 2 fully saturated rings. The van der Waals surface area contributed by atoms with Crippen molar-refractivity contribution in [3.05, 3.63) is 24.2 Å². The number of nitrogens with one attached hydrogen (secondary N) is 1. The van der Waals surface area contributed by atoms with Gasteiger partial charge in [-0.3, -0.25) is 4.90 Å². The van der Waals surface area contributed by atoms with E-state index in [0.29, 0.717) is 6.04 Å². The molecule has 2 aliphatic rings. The van der Waals surface area contributed by atoms with Crippen molar-refractivity contribution >= 4 is 0 Å². The monoisotopic (exact) mass is 234 g/mol. The molecule has 0 amide bonds. The molecule has 1 aromatic rings. The van der Waals surface area contributed by atoms with Crippen LogP contribution in [-0.4, -0.2) is 30.6 Å². The highest BCUT2D eigenvalue weighted by Crippen LogP contribution is 2.35. The Kier molecular flexibility index (Phi) is 3.21. The van der Waals surface area contributed by atoms with E-state index in [4.69, 9.17) is 4.42 Å². The van der Waals surface area contributed by atoms with Crippen LogP contribution in [0.5, 0.6) is 0 Å². The average Bonchev–Trinajstić information content (AvgIpc) is 3.00. The minimum absolute atomic E-state index is 0.470. The number of furan rings is 1. The zero-order chi connectivity index (χ0) is 11.7. The predicted molar refractivity (Wildman–Crippen MR) is 67.8 cm³/mol. The first-order valence-electron chi connectivity index (χ1n) is 6.90. The lowest BCUT2D eigenvalue weighted by atomic mass is 9.90. The predicted octanol–water partition coefficient (Wildman–Crippen LogP) is 2.41. The minimum atomic E-state index is 0.470. The van der Waals surface area contributed by atoms with Crippen LogP contribution in [0.1, 0.15) is 38.0 Å². The maximum atomic E-state index is 5.63. The third kappa shape index (κ3) is 2.02. The topological polar surface area (TPSA) is 28.4 Å². The van der Waals surface area contributed by atoms with Gasteiger partial charge in [-0.05, 0) is 50.4 Å². The van der Waals surface area contributed by atoms with Gasteiger partial charge in [-0.2, -0.15) is 0 Å². The van der Waals surface area contributed by atoms with Gasteiger partial charge in [0.2, 0.25) is 0 Å². The first-order valence-corrected chi connectivity index (χ1v) is 6.90. The molecule has 1 N–H and O–H groups in total. The Bertz CT molecular complexity index is 349. The Hall–Kier alpha value is -0.800. The van der Waals surface area contributed by atoms with Crippen molar-refractivity contribution in [2.24, 2.45) is 5.92 Å². The Morgan fingerprint density at radius 1 is 1.53 bits per heavy atom. The van der Waals surface area contributed by atoms with Crippen LogP contribution in [0.3, 0.4) is 0 Å². The van der Waals surface area contributed by atoms with Gasteiger partial charge in [0.05, 0.1) is 12.3 Å². The summed E-state index contributed by atoms with van der Waals surface area (Å²) >= 11 is 0. The molecule has 0 radical (unpaired) electrons. The van der Waals surface area contributed by atoms with E-state index in [0.717, 1.165) is 30.7 Å². The summed E-state index contributed by atoms with van der Waals surface area (Å²) in [6.07, 6.45) is 5.66. The third-order valence-corrected chi connectivity index (χ3v) is 4.38. The van der Waals surface area contributed by atoms with Crippen LogP contribution in [0.25, 0.3) is 0 Å². The molecule has 94 valence electrons. The van der Waals surface area contributed by atoms with Gasteiger partial charge in [0, 0.05) is 12.6 Å². The maximum Gasteiger partial charge on any atom is 0.120 e. The molecule has 0 bridgehead atoms. The van der Waals surface area contributed by atoms with E-state index in [2.05, 4.69) is 23.2 Å². The van der Waals surface area contributed by atoms with Gasteiger partial charge in [-0.1, -0.05) is 6.92 Å². The molecule has 2 aliphatic heterocycles. The molecule has 3 heteroatoms.